The monoisotopic (exact) mass is 775 g/mol. The number of aliphatic hydroxyl groups is 1. The number of hydrogen-bond donors (Lipinski definition) is 7. The summed E-state index contributed by atoms with van der Waals surface area (Å²) in [7, 11) is 3.40. The van der Waals surface area contributed by atoms with Gasteiger partial charge in [0, 0.05) is 64.8 Å². The Hall–Kier alpha value is -2.29. The zero-order valence-electron chi connectivity index (χ0n) is 32.5. The minimum atomic E-state index is -0.729. The van der Waals surface area contributed by atoms with Crippen LogP contribution in [0.15, 0.2) is 24.3 Å². The molecule has 14 heteroatoms. The van der Waals surface area contributed by atoms with Crippen LogP contribution in [-0.2, 0) is 63.3 Å². The largest absolute Gasteiger partial charge is 0.392 e. The Morgan fingerprint density at radius 2 is 1.43 bits per heavy atom. The summed E-state index contributed by atoms with van der Waals surface area (Å²) in [6.45, 7) is 20.4. The molecule has 0 aliphatic carbocycles. The predicted molar refractivity (Wildman–Crippen MR) is 196 cm³/mol. The second kappa shape index (κ2) is 43.7. The van der Waals surface area contributed by atoms with E-state index in [-0.39, 0.29) is 75.1 Å². The second-order valence-electron chi connectivity index (χ2n) is 10.0. The molecule has 285 valence electrons. The molecule has 0 aliphatic rings. The maximum Gasteiger partial charge on any atom is 0.246 e. The van der Waals surface area contributed by atoms with Gasteiger partial charge in [0.1, 0.15) is 17.9 Å². The standard InChI is InChI=1S/C22H36N4O4.C6H13NO2.3C2H6.CH3NO.Y/c1-5-7-19(28)26-20(15(2)3)22(30)25-18(8-6-13-23-4)21(29)24-17-11-9-16(14-27)10-12-17;1-6(8)4-3-5-7(2)9;3*1-2;2-1-3;/h9-12,15,18,20,23,27H,5-8,13-14H2,1-4H3,(H,24,29)(H,25,30)(H,26,28);9H,3-5H2,1-2H3;3*1-2H3;1H,(H2,2,3);/t18-,20?;;;;;;/m0....../s1. The molecular weight excluding hydrogens is 705 g/mol. The molecule has 0 aromatic heterocycles. The molecule has 0 saturated carbocycles. The number of nitrogens with one attached hydrogen (secondary N) is 4. The number of Topliss-reactive ketones (excluding diaryl/α,β-unsaturated/α-hetero) is 1. The molecular formula is C35H70N6O7Y. The van der Waals surface area contributed by atoms with Gasteiger partial charge in [-0.1, -0.05) is 74.4 Å². The number of primary amides is 1. The van der Waals surface area contributed by atoms with Gasteiger partial charge in [-0.05, 0) is 69.8 Å². The number of nitrogens with two attached hydrogens (primary N) is 1. The van der Waals surface area contributed by atoms with Crippen molar-refractivity contribution in [3.8, 4) is 0 Å². The SMILES string of the molecule is CC.CC.CC.CC(=O)CCCN(C)O.CCCC(=O)NC(C(=O)N[C@@H](CCCNC)C(=O)Nc1ccc(CO)cc1)C(C)C.NC=O.[Y]. The van der Waals surface area contributed by atoms with E-state index >= 15 is 0 Å². The van der Waals surface area contributed by atoms with E-state index in [9.17, 15) is 19.2 Å². The molecule has 0 saturated heterocycles. The number of nitrogens with zero attached hydrogens (tertiary/aromatic N) is 1. The van der Waals surface area contributed by atoms with E-state index in [2.05, 4.69) is 27.0 Å². The van der Waals surface area contributed by atoms with E-state index in [1.165, 1.54) is 0 Å². The predicted octanol–water partition coefficient (Wildman–Crippen LogP) is 4.40. The Balaban J connectivity index is -0.000000203. The van der Waals surface area contributed by atoms with Crippen molar-refractivity contribution in [1.82, 2.24) is 21.0 Å². The molecule has 1 aromatic rings. The number of carbonyl (C=O) groups is 5. The quantitative estimate of drug-likeness (QED) is 0.0680. The smallest absolute Gasteiger partial charge is 0.246 e. The minimum Gasteiger partial charge on any atom is -0.392 e. The molecule has 49 heavy (non-hydrogen) atoms. The number of rotatable bonds is 17. The molecule has 0 fully saturated rings. The van der Waals surface area contributed by atoms with Gasteiger partial charge in [0.2, 0.25) is 24.1 Å². The first-order valence-corrected chi connectivity index (χ1v) is 17.2. The summed E-state index contributed by atoms with van der Waals surface area (Å²) in [6.07, 6.45) is 3.76. The minimum absolute atomic E-state index is 0. The molecule has 0 aliphatic heterocycles. The zero-order valence-corrected chi connectivity index (χ0v) is 35.4. The van der Waals surface area contributed by atoms with Crippen LogP contribution in [0.2, 0.25) is 0 Å². The van der Waals surface area contributed by atoms with Crippen LogP contribution in [0.1, 0.15) is 113 Å². The fraction of sp³-hybridized carbons (Fsp3) is 0.686. The molecule has 1 radical (unpaired) electrons. The molecule has 1 aromatic carbocycles. The number of amides is 4. The average molecular weight is 776 g/mol. The van der Waals surface area contributed by atoms with Gasteiger partial charge in [0.05, 0.1) is 6.61 Å². The van der Waals surface area contributed by atoms with E-state index in [0.717, 1.165) is 17.0 Å². The molecule has 1 rings (SSSR count). The molecule has 13 nitrogen and oxygen atoms in total. The summed E-state index contributed by atoms with van der Waals surface area (Å²) >= 11 is 0. The topological polar surface area (TPSA) is 203 Å². The summed E-state index contributed by atoms with van der Waals surface area (Å²) in [4.78, 5) is 56.6. The van der Waals surface area contributed by atoms with E-state index in [1.54, 1.807) is 38.2 Å². The number of ketones is 1. The average Bonchev–Trinajstić information content (AvgIpc) is 3.06. The van der Waals surface area contributed by atoms with Crippen molar-refractivity contribution in [2.45, 2.75) is 126 Å². The van der Waals surface area contributed by atoms with Gasteiger partial charge in [-0.25, -0.2) is 0 Å². The molecule has 0 bridgehead atoms. The third-order valence-electron chi connectivity index (χ3n) is 5.71. The van der Waals surface area contributed by atoms with Crippen molar-refractivity contribution in [2.24, 2.45) is 11.7 Å². The van der Waals surface area contributed by atoms with Crippen molar-refractivity contribution in [2.75, 3.05) is 32.5 Å². The first-order valence-electron chi connectivity index (χ1n) is 17.2. The van der Waals surface area contributed by atoms with Crippen molar-refractivity contribution < 1.29 is 67.0 Å². The molecule has 0 heterocycles. The summed E-state index contributed by atoms with van der Waals surface area (Å²) in [6, 6.07) is 5.43. The molecule has 8 N–H and O–H groups in total. The summed E-state index contributed by atoms with van der Waals surface area (Å²) in [5.74, 6) is -0.797. The second-order valence-corrected chi connectivity index (χ2v) is 10.0. The van der Waals surface area contributed by atoms with Crippen LogP contribution in [0.5, 0.6) is 0 Å². The maximum absolute atomic E-state index is 12.9. The van der Waals surface area contributed by atoms with E-state index in [4.69, 9.17) is 15.1 Å². The molecule has 4 amide bonds. The van der Waals surface area contributed by atoms with Gasteiger partial charge in [-0.15, -0.1) is 0 Å². The third-order valence-corrected chi connectivity index (χ3v) is 5.71. The van der Waals surface area contributed by atoms with Crippen LogP contribution in [0.4, 0.5) is 5.69 Å². The number of carbonyl (C=O) groups excluding carboxylic acids is 5. The van der Waals surface area contributed by atoms with Gasteiger partial charge in [-0.3, -0.25) is 19.2 Å². The van der Waals surface area contributed by atoms with Crippen LogP contribution in [0.25, 0.3) is 0 Å². The Morgan fingerprint density at radius 1 is 0.918 bits per heavy atom. The van der Waals surface area contributed by atoms with E-state index in [1.807, 2.05) is 69.4 Å². The maximum atomic E-state index is 12.9. The summed E-state index contributed by atoms with van der Waals surface area (Å²) in [5.41, 5.74) is 5.50. The normalized spacial score (nSPS) is 10.4. The van der Waals surface area contributed by atoms with Crippen LogP contribution in [0, 0.1) is 5.92 Å². The van der Waals surface area contributed by atoms with Crippen LogP contribution >= 0.6 is 0 Å². The zero-order chi connectivity index (χ0) is 38.5. The number of benzene rings is 1. The van der Waals surface area contributed by atoms with Gasteiger partial charge in [0.15, 0.2) is 0 Å². The Bertz CT molecular complexity index is 920. The van der Waals surface area contributed by atoms with Gasteiger partial charge in [0.25, 0.3) is 0 Å². The van der Waals surface area contributed by atoms with Crippen LogP contribution < -0.4 is 27.0 Å². The molecule has 0 spiro atoms. The number of aliphatic hydroxyl groups excluding tert-OH is 1. The Morgan fingerprint density at radius 3 is 1.82 bits per heavy atom. The van der Waals surface area contributed by atoms with Crippen LogP contribution in [-0.4, -0.2) is 84.6 Å². The van der Waals surface area contributed by atoms with Gasteiger partial charge < -0.3 is 42.1 Å². The fourth-order valence-electron chi connectivity index (χ4n) is 3.50. The fourth-order valence-corrected chi connectivity index (χ4v) is 3.50. The number of hydroxylamine groups is 2. The Labute approximate surface area is 322 Å². The van der Waals surface area contributed by atoms with Crippen molar-refractivity contribution >= 4 is 35.6 Å². The number of anilines is 1. The molecule has 2 atom stereocenters. The van der Waals surface area contributed by atoms with Gasteiger partial charge in [-0.2, -0.15) is 5.06 Å². The van der Waals surface area contributed by atoms with Crippen molar-refractivity contribution in [3.05, 3.63) is 29.8 Å². The van der Waals surface area contributed by atoms with Crippen molar-refractivity contribution in [1.29, 1.82) is 0 Å². The van der Waals surface area contributed by atoms with E-state index in [0.29, 0.717) is 50.9 Å². The first kappa shape index (κ1) is 58.9. The van der Waals surface area contributed by atoms with E-state index < -0.39 is 12.1 Å². The first-order chi connectivity index (χ1) is 22.9. The third kappa shape index (κ3) is 38.4. The number of hydrogen-bond acceptors (Lipinski definition) is 9. The summed E-state index contributed by atoms with van der Waals surface area (Å²) in [5, 5.41) is 30.2. The van der Waals surface area contributed by atoms with Crippen molar-refractivity contribution in [3.63, 3.8) is 0 Å². The Kier molecular flexibility index (Phi) is 52.6. The van der Waals surface area contributed by atoms with Crippen LogP contribution in [0.3, 0.4) is 0 Å². The summed E-state index contributed by atoms with van der Waals surface area (Å²) < 4.78 is 0. The van der Waals surface area contributed by atoms with Gasteiger partial charge >= 0.3 is 0 Å². The molecule has 1 unspecified atom stereocenters.